The second kappa shape index (κ2) is 8.54. The first kappa shape index (κ1) is 19.5. The van der Waals surface area contributed by atoms with E-state index in [-0.39, 0.29) is 5.91 Å². The minimum atomic E-state index is -0.0572. The zero-order valence-corrected chi connectivity index (χ0v) is 16.6. The standard InChI is InChI=1S/C21H28N2OS/c1-13-14(2)16(4)19(17(5)15(13)3)12-25-20-9-7-6-8-18(20)21(24)23-11-10-22/h6-9H,10-12,22H2,1-5H3,(H,23,24). The van der Waals surface area contributed by atoms with E-state index in [1.807, 2.05) is 24.3 Å². The molecule has 4 heteroatoms. The number of thioether (sulfide) groups is 1. The van der Waals surface area contributed by atoms with Gasteiger partial charge in [0, 0.05) is 23.7 Å². The summed E-state index contributed by atoms with van der Waals surface area (Å²) in [6.45, 7) is 11.9. The summed E-state index contributed by atoms with van der Waals surface area (Å²) in [6.07, 6.45) is 0. The normalized spacial score (nSPS) is 10.8. The van der Waals surface area contributed by atoms with Gasteiger partial charge >= 0.3 is 0 Å². The van der Waals surface area contributed by atoms with E-state index < -0.39 is 0 Å². The lowest BCUT2D eigenvalue weighted by Gasteiger charge is -2.19. The molecule has 0 fully saturated rings. The summed E-state index contributed by atoms with van der Waals surface area (Å²) in [5.41, 5.74) is 14.4. The Labute approximate surface area is 155 Å². The van der Waals surface area contributed by atoms with Crippen LogP contribution in [0.4, 0.5) is 0 Å². The van der Waals surface area contributed by atoms with Crippen LogP contribution >= 0.6 is 11.8 Å². The molecule has 0 saturated heterocycles. The molecule has 2 aromatic carbocycles. The third kappa shape index (κ3) is 4.25. The highest BCUT2D eigenvalue weighted by Gasteiger charge is 2.15. The molecule has 0 saturated carbocycles. The zero-order valence-electron chi connectivity index (χ0n) is 15.8. The molecule has 3 nitrogen and oxygen atoms in total. The van der Waals surface area contributed by atoms with Crippen molar-refractivity contribution >= 4 is 17.7 Å². The van der Waals surface area contributed by atoms with Crippen LogP contribution in [0.2, 0.25) is 0 Å². The second-order valence-corrected chi connectivity index (χ2v) is 7.45. The topological polar surface area (TPSA) is 55.1 Å². The van der Waals surface area contributed by atoms with Gasteiger partial charge in [-0.2, -0.15) is 0 Å². The number of carbonyl (C=O) groups is 1. The van der Waals surface area contributed by atoms with Crippen LogP contribution in [0.1, 0.15) is 43.7 Å². The van der Waals surface area contributed by atoms with E-state index in [4.69, 9.17) is 5.73 Å². The SMILES string of the molecule is Cc1c(C)c(C)c(CSc2ccccc2C(=O)NCCN)c(C)c1C. The van der Waals surface area contributed by atoms with Gasteiger partial charge in [-0.25, -0.2) is 0 Å². The first-order valence-electron chi connectivity index (χ1n) is 8.64. The van der Waals surface area contributed by atoms with Crippen LogP contribution in [-0.2, 0) is 5.75 Å². The van der Waals surface area contributed by atoms with E-state index in [1.165, 1.54) is 33.4 Å². The molecule has 1 amide bonds. The monoisotopic (exact) mass is 356 g/mol. The van der Waals surface area contributed by atoms with Gasteiger partial charge in [0.2, 0.25) is 0 Å². The summed E-state index contributed by atoms with van der Waals surface area (Å²) in [5, 5.41) is 2.86. The lowest BCUT2D eigenvalue weighted by molar-refractivity contribution is 0.0952. The molecule has 0 spiro atoms. The lowest BCUT2D eigenvalue weighted by atomic mass is 9.90. The fourth-order valence-electron chi connectivity index (χ4n) is 3.01. The number of benzene rings is 2. The van der Waals surface area contributed by atoms with Crippen LogP contribution in [0.25, 0.3) is 0 Å². The Morgan fingerprint density at radius 1 is 0.960 bits per heavy atom. The second-order valence-electron chi connectivity index (χ2n) is 6.43. The molecule has 134 valence electrons. The molecule has 0 radical (unpaired) electrons. The molecular formula is C21H28N2OS. The number of carbonyl (C=O) groups excluding carboxylic acids is 1. The number of amides is 1. The summed E-state index contributed by atoms with van der Waals surface area (Å²) < 4.78 is 0. The summed E-state index contributed by atoms with van der Waals surface area (Å²) in [7, 11) is 0. The molecule has 0 aromatic heterocycles. The number of nitrogens with two attached hydrogens (primary N) is 1. The third-order valence-corrected chi connectivity index (χ3v) is 6.19. The average Bonchev–Trinajstić information content (AvgIpc) is 2.63. The maximum atomic E-state index is 12.3. The van der Waals surface area contributed by atoms with E-state index in [1.54, 1.807) is 11.8 Å². The van der Waals surface area contributed by atoms with Gasteiger partial charge in [0.15, 0.2) is 0 Å². The molecule has 0 aliphatic carbocycles. The molecule has 0 bridgehead atoms. The highest BCUT2D eigenvalue weighted by atomic mass is 32.2. The van der Waals surface area contributed by atoms with Crippen LogP contribution in [0.3, 0.4) is 0 Å². The fraction of sp³-hybridized carbons (Fsp3) is 0.381. The third-order valence-electron chi connectivity index (χ3n) is 5.09. The van der Waals surface area contributed by atoms with Crippen molar-refractivity contribution in [3.8, 4) is 0 Å². The Kier molecular flexibility index (Phi) is 6.68. The molecular weight excluding hydrogens is 328 g/mol. The molecule has 0 heterocycles. The number of nitrogens with one attached hydrogen (secondary N) is 1. The summed E-state index contributed by atoms with van der Waals surface area (Å²) in [6, 6.07) is 7.77. The molecule has 0 aliphatic heterocycles. The molecule has 3 N–H and O–H groups in total. The van der Waals surface area contributed by atoms with Crippen molar-refractivity contribution in [2.45, 2.75) is 45.3 Å². The smallest absolute Gasteiger partial charge is 0.252 e. The molecule has 0 aliphatic rings. The fourth-order valence-corrected chi connectivity index (χ4v) is 4.23. The van der Waals surface area contributed by atoms with Gasteiger partial charge in [-0.1, -0.05) is 12.1 Å². The first-order valence-corrected chi connectivity index (χ1v) is 9.63. The van der Waals surface area contributed by atoms with Crippen LogP contribution in [0.15, 0.2) is 29.2 Å². The molecule has 25 heavy (non-hydrogen) atoms. The van der Waals surface area contributed by atoms with Crippen molar-refractivity contribution < 1.29 is 4.79 Å². The van der Waals surface area contributed by atoms with Crippen LogP contribution in [0, 0.1) is 34.6 Å². The largest absolute Gasteiger partial charge is 0.351 e. The maximum Gasteiger partial charge on any atom is 0.252 e. The highest BCUT2D eigenvalue weighted by Crippen LogP contribution is 2.32. The van der Waals surface area contributed by atoms with E-state index in [2.05, 4.69) is 39.9 Å². The van der Waals surface area contributed by atoms with Crippen molar-refractivity contribution in [1.29, 1.82) is 0 Å². The van der Waals surface area contributed by atoms with Gasteiger partial charge in [-0.3, -0.25) is 4.79 Å². The Hall–Kier alpha value is -1.78. The Bertz CT molecular complexity index is 755. The quantitative estimate of drug-likeness (QED) is 0.762. The van der Waals surface area contributed by atoms with Gasteiger partial charge in [-0.15, -0.1) is 11.8 Å². The molecule has 0 atom stereocenters. The number of rotatable bonds is 6. The predicted molar refractivity (Wildman–Crippen MR) is 108 cm³/mol. The zero-order chi connectivity index (χ0) is 18.6. The predicted octanol–water partition coefficient (Wildman–Crippen LogP) is 4.21. The minimum Gasteiger partial charge on any atom is -0.351 e. The van der Waals surface area contributed by atoms with Gasteiger partial charge in [0.25, 0.3) is 5.91 Å². The average molecular weight is 357 g/mol. The lowest BCUT2D eigenvalue weighted by Crippen LogP contribution is -2.29. The van der Waals surface area contributed by atoms with Crippen molar-refractivity contribution in [3.63, 3.8) is 0 Å². The Morgan fingerprint density at radius 3 is 2.12 bits per heavy atom. The number of hydrogen-bond acceptors (Lipinski definition) is 3. The van der Waals surface area contributed by atoms with Crippen LogP contribution in [0.5, 0.6) is 0 Å². The van der Waals surface area contributed by atoms with E-state index in [9.17, 15) is 4.79 Å². The van der Waals surface area contributed by atoms with Gasteiger partial charge in [0.1, 0.15) is 0 Å². The van der Waals surface area contributed by atoms with E-state index in [0.717, 1.165) is 16.2 Å². The van der Waals surface area contributed by atoms with Crippen molar-refractivity contribution in [3.05, 3.63) is 63.2 Å². The van der Waals surface area contributed by atoms with Gasteiger partial charge < -0.3 is 11.1 Å². The maximum absolute atomic E-state index is 12.3. The Morgan fingerprint density at radius 2 is 1.52 bits per heavy atom. The molecule has 2 rings (SSSR count). The summed E-state index contributed by atoms with van der Waals surface area (Å²) in [5.74, 6) is 0.805. The van der Waals surface area contributed by atoms with E-state index in [0.29, 0.717) is 13.1 Å². The van der Waals surface area contributed by atoms with Crippen LogP contribution < -0.4 is 11.1 Å². The Balaban J connectivity index is 2.28. The first-order chi connectivity index (χ1) is 11.9. The van der Waals surface area contributed by atoms with Crippen molar-refractivity contribution in [2.24, 2.45) is 5.73 Å². The van der Waals surface area contributed by atoms with Crippen molar-refractivity contribution in [1.82, 2.24) is 5.32 Å². The summed E-state index contributed by atoms with van der Waals surface area (Å²) >= 11 is 1.72. The van der Waals surface area contributed by atoms with Gasteiger partial charge in [0.05, 0.1) is 5.56 Å². The van der Waals surface area contributed by atoms with E-state index >= 15 is 0 Å². The summed E-state index contributed by atoms with van der Waals surface area (Å²) in [4.78, 5) is 13.3. The molecule has 2 aromatic rings. The van der Waals surface area contributed by atoms with Crippen molar-refractivity contribution in [2.75, 3.05) is 13.1 Å². The number of hydrogen-bond donors (Lipinski definition) is 2. The molecule has 0 unspecified atom stereocenters. The van der Waals surface area contributed by atoms with Crippen LogP contribution in [-0.4, -0.2) is 19.0 Å². The minimum absolute atomic E-state index is 0.0572. The highest BCUT2D eigenvalue weighted by molar-refractivity contribution is 7.98. The van der Waals surface area contributed by atoms with Gasteiger partial charge in [-0.05, 0) is 80.1 Å².